The third-order valence-electron chi connectivity index (χ3n) is 6.77. The van der Waals surface area contributed by atoms with Crippen LogP contribution in [0.25, 0.3) is 0 Å². The maximum atomic E-state index is 11.8. The summed E-state index contributed by atoms with van der Waals surface area (Å²) in [4.78, 5) is 23.2. The van der Waals surface area contributed by atoms with Gasteiger partial charge in [-0.1, -0.05) is 12.1 Å². The molecule has 2 fully saturated rings. The van der Waals surface area contributed by atoms with Crippen molar-refractivity contribution in [1.29, 1.82) is 5.26 Å². The molecule has 3 unspecified atom stereocenters. The van der Waals surface area contributed by atoms with Crippen molar-refractivity contribution in [3.63, 3.8) is 0 Å². The SMILES string of the molecule is COc1ccc(Cc2cc(C3CC(OC(C)=O)CC(COC(C)=O)O3)c(OC3CCC3)cc2C#N)cc1. The zero-order valence-corrected chi connectivity index (χ0v) is 21.5. The molecule has 8 heteroatoms. The lowest BCUT2D eigenvalue weighted by Crippen LogP contribution is -2.37. The van der Waals surface area contributed by atoms with Crippen molar-refractivity contribution in [3.05, 3.63) is 58.7 Å². The molecule has 1 aliphatic heterocycles. The van der Waals surface area contributed by atoms with Crippen molar-refractivity contribution < 1.29 is 33.3 Å². The molecular weight excluding hydrogens is 474 g/mol. The fourth-order valence-corrected chi connectivity index (χ4v) is 4.70. The highest BCUT2D eigenvalue weighted by molar-refractivity contribution is 5.66. The van der Waals surface area contributed by atoms with E-state index in [0.717, 1.165) is 41.7 Å². The summed E-state index contributed by atoms with van der Waals surface area (Å²) in [7, 11) is 1.62. The molecule has 1 aliphatic carbocycles. The second-order valence-electron chi connectivity index (χ2n) is 9.61. The molecule has 2 aromatic carbocycles. The van der Waals surface area contributed by atoms with E-state index in [9.17, 15) is 14.9 Å². The summed E-state index contributed by atoms with van der Waals surface area (Å²) in [6.45, 7) is 2.79. The molecule has 37 heavy (non-hydrogen) atoms. The van der Waals surface area contributed by atoms with Gasteiger partial charge in [0.15, 0.2) is 0 Å². The lowest BCUT2D eigenvalue weighted by atomic mass is 9.90. The third-order valence-corrected chi connectivity index (χ3v) is 6.77. The zero-order valence-electron chi connectivity index (χ0n) is 21.5. The third kappa shape index (κ3) is 7.01. The molecule has 1 saturated carbocycles. The van der Waals surface area contributed by atoms with Gasteiger partial charge in [0, 0.05) is 32.3 Å². The molecule has 3 atom stereocenters. The fraction of sp³-hybridized carbons (Fsp3) is 0.483. The first-order valence-corrected chi connectivity index (χ1v) is 12.7. The highest BCUT2D eigenvalue weighted by atomic mass is 16.6. The summed E-state index contributed by atoms with van der Waals surface area (Å²) in [5.41, 5.74) is 3.22. The second kappa shape index (κ2) is 12.1. The fourth-order valence-electron chi connectivity index (χ4n) is 4.70. The Kier molecular flexibility index (Phi) is 8.67. The summed E-state index contributed by atoms with van der Waals surface area (Å²) in [6.07, 6.45) is 3.25. The van der Waals surface area contributed by atoms with Crippen LogP contribution in [-0.4, -0.2) is 44.0 Å². The Morgan fingerprint density at radius 1 is 1.05 bits per heavy atom. The molecular formula is C29H33NO7. The molecule has 0 N–H and O–H groups in total. The van der Waals surface area contributed by atoms with E-state index >= 15 is 0 Å². The topological polar surface area (TPSA) is 104 Å². The molecule has 0 aromatic heterocycles. The van der Waals surface area contributed by atoms with Crippen LogP contribution in [0.1, 0.15) is 74.3 Å². The van der Waals surface area contributed by atoms with Gasteiger partial charge in [-0.3, -0.25) is 9.59 Å². The van der Waals surface area contributed by atoms with Crippen LogP contribution >= 0.6 is 0 Å². The van der Waals surface area contributed by atoms with Crippen molar-refractivity contribution in [1.82, 2.24) is 0 Å². The number of hydrogen-bond acceptors (Lipinski definition) is 8. The lowest BCUT2D eigenvalue weighted by Gasteiger charge is -2.36. The van der Waals surface area contributed by atoms with Gasteiger partial charge in [0.05, 0.1) is 37.1 Å². The standard InChI is InChI=1S/C29H33NO7/c1-18(31)34-17-26-14-25(35-19(2)32)15-29(37-26)27-12-21(11-20-7-9-23(33-3)10-8-20)22(16-30)13-28(27)36-24-5-4-6-24/h7-10,12-13,24-26,29H,4-6,11,14-15,17H2,1-3H3. The van der Waals surface area contributed by atoms with Crippen LogP contribution < -0.4 is 9.47 Å². The van der Waals surface area contributed by atoms with Gasteiger partial charge in [-0.05, 0) is 61.1 Å². The van der Waals surface area contributed by atoms with E-state index in [0.29, 0.717) is 30.6 Å². The van der Waals surface area contributed by atoms with Crippen LogP contribution in [0.5, 0.6) is 11.5 Å². The van der Waals surface area contributed by atoms with Gasteiger partial charge in [0.25, 0.3) is 0 Å². The van der Waals surface area contributed by atoms with Crippen LogP contribution in [0.2, 0.25) is 0 Å². The molecule has 8 nitrogen and oxygen atoms in total. The Morgan fingerprint density at radius 3 is 2.41 bits per heavy atom. The van der Waals surface area contributed by atoms with Crippen LogP contribution in [0.4, 0.5) is 0 Å². The predicted molar refractivity (Wildman–Crippen MR) is 134 cm³/mol. The van der Waals surface area contributed by atoms with Crippen LogP contribution in [0, 0.1) is 11.3 Å². The Balaban J connectivity index is 1.68. The number of esters is 2. The molecule has 2 aliphatic rings. The first kappa shape index (κ1) is 26.5. The largest absolute Gasteiger partial charge is 0.497 e. The van der Waals surface area contributed by atoms with E-state index in [1.165, 1.54) is 13.8 Å². The zero-order chi connectivity index (χ0) is 26.4. The van der Waals surface area contributed by atoms with Gasteiger partial charge in [-0.15, -0.1) is 0 Å². The lowest BCUT2D eigenvalue weighted by molar-refractivity contribution is -0.169. The van der Waals surface area contributed by atoms with Crippen molar-refractivity contribution in [2.24, 2.45) is 0 Å². The number of nitrogens with zero attached hydrogens (tertiary/aromatic N) is 1. The molecule has 0 spiro atoms. The van der Waals surface area contributed by atoms with E-state index < -0.39 is 24.3 Å². The molecule has 4 rings (SSSR count). The van der Waals surface area contributed by atoms with E-state index in [1.807, 2.05) is 30.3 Å². The Labute approximate surface area is 217 Å². The van der Waals surface area contributed by atoms with E-state index in [1.54, 1.807) is 13.2 Å². The normalized spacial score (nSPS) is 21.3. The summed E-state index contributed by atoms with van der Waals surface area (Å²) in [5.74, 6) is 0.603. The maximum Gasteiger partial charge on any atom is 0.302 e. The molecule has 0 bridgehead atoms. The van der Waals surface area contributed by atoms with Crippen molar-refractivity contribution in [2.75, 3.05) is 13.7 Å². The Bertz CT molecular complexity index is 1150. The van der Waals surface area contributed by atoms with Crippen molar-refractivity contribution >= 4 is 11.9 Å². The number of rotatable bonds is 9. The average Bonchev–Trinajstić information content (AvgIpc) is 2.85. The number of carbonyl (C=O) groups excluding carboxylic acids is 2. The van der Waals surface area contributed by atoms with Crippen molar-refractivity contribution in [3.8, 4) is 17.6 Å². The molecule has 0 amide bonds. The minimum Gasteiger partial charge on any atom is -0.497 e. The van der Waals surface area contributed by atoms with E-state index in [2.05, 4.69) is 6.07 Å². The summed E-state index contributed by atoms with van der Waals surface area (Å²) in [6, 6.07) is 13.8. The maximum absolute atomic E-state index is 11.8. The predicted octanol–water partition coefficient (Wildman–Crippen LogP) is 4.80. The number of ether oxygens (including phenoxy) is 5. The van der Waals surface area contributed by atoms with E-state index in [4.69, 9.17) is 23.7 Å². The Morgan fingerprint density at radius 2 is 1.81 bits per heavy atom. The highest BCUT2D eigenvalue weighted by Gasteiger charge is 2.35. The van der Waals surface area contributed by atoms with Crippen LogP contribution in [0.15, 0.2) is 36.4 Å². The molecule has 1 heterocycles. The number of nitriles is 1. The smallest absolute Gasteiger partial charge is 0.302 e. The van der Waals surface area contributed by atoms with Crippen LogP contribution in [0.3, 0.4) is 0 Å². The number of carbonyl (C=O) groups is 2. The number of methoxy groups -OCH3 is 1. The van der Waals surface area contributed by atoms with Gasteiger partial charge in [0.1, 0.15) is 24.2 Å². The Hall–Kier alpha value is -3.57. The second-order valence-corrected chi connectivity index (χ2v) is 9.61. The first-order valence-electron chi connectivity index (χ1n) is 12.7. The monoisotopic (exact) mass is 507 g/mol. The van der Waals surface area contributed by atoms with Gasteiger partial charge >= 0.3 is 11.9 Å². The first-order chi connectivity index (χ1) is 17.8. The van der Waals surface area contributed by atoms with Crippen LogP contribution in [-0.2, 0) is 30.2 Å². The van der Waals surface area contributed by atoms with Gasteiger partial charge in [-0.25, -0.2) is 0 Å². The quantitative estimate of drug-likeness (QED) is 0.446. The number of benzene rings is 2. The summed E-state index contributed by atoms with van der Waals surface area (Å²) >= 11 is 0. The van der Waals surface area contributed by atoms with Gasteiger partial charge in [-0.2, -0.15) is 5.26 Å². The molecule has 2 aromatic rings. The number of hydrogen-bond donors (Lipinski definition) is 0. The minimum atomic E-state index is -0.462. The summed E-state index contributed by atoms with van der Waals surface area (Å²) in [5, 5.41) is 9.95. The highest BCUT2D eigenvalue weighted by Crippen LogP contribution is 2.41. The molecule has 196 valence electrons. The minimum absolute atomic E-state index is 0.0669. The molecule has 0 radical (unpaired) electrons. The average molecular weight is 508 g/mol. The summed E-state index contributed by atoms with van der Waals surface area (Å²) < 4.78 is 28.7. The van der Waals surface area contributed by atoms with Gasteiger partial charge in [0.2, 0.25) is 0 Å². The van der Waals surface area contributed by atoms with Crippen molar-refractivity contribution in [2.45, 2.75) is 76.8 Å². The molecule has 1 saturated heterocycles. The van der Waals surface area contributed by atoms with Gasteiger partial charge < -0.3 is 23.7 Å². The van der Waals surface area contributed by atoms with E-state index in [-0.39, 0.29) is 18.7 Å².